The second-order valence-corrected chi connectivity index (χ2v) is 7.35. The van der Waals surface area contributed by atoms with E-state index in [1.54, 1.807) is 13.0 Å². The first-order chi connectivity index (χ1) is 13.3. The average molecular weight is 372 g/mol. The molecule has 0 aromatic heterocycles. The number of hydrogen-bond donors (Lipinski definition) is 2. The predicted octanol–water partition coefficient (Wildman–Crippen LogP) is 3.73. The molecule has 0 saturated carbocycles. The summed E-state index contributed by atoms with van der Waals surface area (Å²) >= 11 is 0. The number of aryl methyl sites for hydroxylation is 1. The van der Waals surface area contributed by atoms with Crippen molar-refractivity contribution in [3.8, 4) is 6.07 Å². The number of nitrogens with two attached hydrogens (primary N) is 1. The van der Waals surface area contributed by atoms with Gasteiger partial charge in [0.05, 0.1) is 17.3 Å². The van der Waals surface area contributed by atoms with Crippen molar-refractivity contribution in [1.82, 2.24) is 4.90 Å². The van der Waals surface area contributed by atoms with E-state index in [4.69, 9.17) is 16.4 Å². The molecule has 3 N–H and O–H groups in total. The fraction of sp³-hybridized carbons (Fsp3) is 0.261. The van der Waals surface area contributed by atoms with Crippen molar-refractivity contribution in [1.29, 1.82) is 10.7 Å². The summed E-state index contributed by atoms with van der Waals surface area (Å²) in [5.74, 6) is 0.273. The van der Waals surface area contributed by atoms with Crippen LogP contribution in [-0.2, 0) is 0 Å². The maximum atomic E-state index is 12.9. The Bertz CT molecular complexity index is 1000. The van der Waals surface area contributed by atoms with Gasteiger partial charge in [0.25, 0.3) is 5.91 Å². The Balaban J connectivity index is 1.74. The highest BCUT2D eigenvalue weighted by molar-refractivity contribution is 6.12. The van der Waals surface area contributed by atoms with Gasteiger partial charge in [-0.05, 0) is 61.7 Å². The summed E-state index contributed by atoms with van der Waals surface area (Å²) in [5, 5.41) is 17.3. The zero-order valence-electron chi connectivity index (χ0n) is 16.4. The standard InChI is InChI=1S/C23H24N4O/c1-14-4-7-19(10-21(14)22(26)15(2)16(3)25)23(28)27-12-20(13-27)18-8-5-17(11-24)6-9-18/h4-10,20,26H,12-13,25H2,1-3H3/b16-15-,26-22?. The van der Waals surface area contributed by atoms with Crippen LogP contribution in [0, 0.1) is 23.7 Å². The van der Waals surface area contributed by atoms with Crippen molar-refractivity contribution >= 4 is 11.6 Å². The van der Waals surface area contributed by atoms with Gasteiger partial charge in [0.2, 0.25) is 0 Å². The fourth-order valence-electron chi connectivity index (χ4n) is 3.29. The van der Waals surface area contributed by atoms with Crippen LogP contribution in [0.15, 0.2) is 53.7 Å². The highest BCUT2D eigenvalue weighted by atomic mass is 16.2. The lowest BCUT2D eigenvalue weighted by Gasteiger charge is -2.39. The Kier molecular flexibility index (Phi) is 5.32. The topological polar surface area (TPSA) is 94.0 Å². The van der Waals surface area contributed by atoms with E-state index in [9.17, 15) is 4.79 Å². The molecule has 1 heterocycles. The van der Waals surface area contributed by atoms with Crippen molar-refractivity contribution in [3.63, 3.8) is 0 Å². The number of nitriles is 1. The number of nitrogens with zero attached hydrogens (tertiary/aromatic N) is 2. The molecule has 1 aliphatic rings. The second kappa shape index (κ2) is 7.69. The Morgan fingerprint density at radius 2 is 1.82 bits per heavy atom. The van der Waals surface area contributed by atoms with E-state index in [0.29, 0.717) is 41.5 Å². The van der Waals surface area contributed by atoms with Gasteiger partial charge in [-0.3, -0.25) is 10.2 Å². The number of rotatable bonds is 4. The van der Waals surface area contributed by atoms with Crippen molar-refractivity contribution < 1.29 is 4.79 Å². The minimum Gasteiger partial charge on any atom is -0.402 e. The molecule has 0 bridgehead atoms. The molecule has 142 valence electrons. The molecule has 0 atom stereocenters. The lowest BCUT2D eigenvalue weighted by Crippen LogP contribution is -2.48. The first-order valence-electron chi connectivity index (χ1n) is 9.24. The number of carbonyl (C=O) groups excluding carboxylic acids is 1. The number of likely N-dealkylation sites (tertiary alicyclic amines) is 1. The molecule has 1 aliphatic heterocycles. The highest BCUT2D eigenvalue weighted by Gasteiger charge is 2.32. The largest absolute Gasteiger partial charge is 0.402 e. The molecule has 3 rings (SSSR count). The molecule has 1 fully saturated rings. The summed E-state index contributed by atoms with van der Waals surface area (Å²) in [5.41, 5.74) is 11.6. The van der Waals surface area contributed by atoms with E-state index in [-0.39, 0.29) is 5.91 Å². The van der Waals surface area contributed by atoms with E-state index in [1.807, 2.05) is 55.1 Å². The van der Waals surface area contributed by atoms with Crippen molar-refractivity contribution in [2.45, 2.75) is 26.7 Å². The van der Waals surface area contributed by atoms with Crippen molar-refractivity contribution in [2.24, 2.45) is 5.73 Å². The number of hydrogen-bond acceptors (Lipinski definition) is 4. The van der Waals surface area contributed by atoms with E-state index >= 15 is 0 Å². The monoisotopic (exact) mass is 372 g/mol. The van der Waals surface area contributed by atoms with Crippen LogP contribution in [0.3, 0.4) is 0 Å². The smallest absolute Gasteiger partial charge is 0.253 e. The number of nitrogens with one attached hydrogen (secondary N) is 1. The summed E-state index contributed by atoms with van der Waals surface area (Å²) in [7, 11) is 0. The van der Waals surface area contributed by atoms with Gasteiger partial charge in [-0.25, -0.2) is 0 Å². The molecule has 28 heavy (non-hydrogen) atoms. The van der Waals surface area contributed by atoms with Crippen LogP contribution in [0.5, 0.6) is 0 Å². The van der Waals surface area contributed by atoms with E-state index in [0.717, 1.165) is 22.3 Å². The van der Waals surface area contributed by atoms with E-state index in [1.165, 1.54) is 0 Å². The van der Waals surface area contributed by atoms with E-state index < -0.39 is 0 Å². The third kappa shape index (κ3) is 3.67. The minimum atomic E-state index is -0.0231. The van der Waals surface area contributed by atoms with Gasteiger partial charge < -0.3 is 10.6 Å². The molecule has 0 unspecified atom stereocenters. The normalized spacial score (nSPS) is 14.7. The van der Waals surface area contributed by atoms with Crippen LogP contribution in [0.25, 0.3) is 0 Å². The van der Waals surface area contributed by atoms with Gasteiger partial charge in [0, 0.05) is 35.8 Å². The molecule has 0 radical (unpaired) electrons. The number of benzene rings is 2. The third-order valence-corrected chi connectivity index (χ3v) is 5.40. The van der Waals surface area contributed by atoms with Crippen LogP contribution in [0.4, 0.5) is 0 Å². The predicted molar refractivity (Wildman–Crippen MR) is 110 cm³/mol. The van der Waals surface area contributed by atoms with Crippen LogP contribution in [0.2, 0.25) is 0 Å². The van der Waals surface area contributed by atoms with Gasteiger partial charge >= 0.3 is 0 Å². The molecular formula is C23H24N4O. The highest BCUT2D eigenvalue weighted by Crippen LogP contribution is 2.29. The molecule has 5 heteroatoms. The SMILES string of the molecule is C/C(N)=C(\C)C(=N)c1cc(C(=O)N2CC(c3ccc(C#N)cc3)C2)ccc1C. The van der Waals surface area contributed by atoms with Gasteiger partial charge in [-0.2, -0.15) is 5.26 Å². The Morgan fingerprint density at radius 1 is 1.18 bits per heavy atom. The summed E-state index contributed by atoms with van der Waals surface area (Å²) in [6.07, 6.45) is 0. The van der Waals surface area contributed by atoms with Gasteiger partial charge in [0.1, 0.15) is 0 Å². The Labute approximate surface area is 165 Å². The molecule has 1 saturated heterocycles. The quantitative estimate of drug-likeness (QED) is 0.801. The second-order valence-electron chi connectivity index (χ2n) is 7.35. The molecule has 0 spiro atoms. The van der Waals surface area contributed by atoms with Crippen LogP contribution in [-0.4, -0.2) is 29.6 Å². The van der Waals surface area contributed by atoms with Crippen molar-refractivity contribution in [2.75, 3.05) is 13.1 Å². The maximum Gasteiger partial charge on any atom is 0.253 e. The first kappa shape index (κ1) is 19.4. The lowest BCUT2D eigenvalue weighted by atomic mass is 9.89. The molecule has 0 aliphatic carbocycles. The number of carbonyl (C=O) groups is 1. The lowest BCUT2D eigenvalue weighted by molar-refractivity contribution is 0.0602. The van der Waals surface area contributed by atoms with Crippen molar-refractivity contribution in [3.05, 3.63) is 81.6 Å². The molecule has 2 aromatic carbocycles. The molecule has 1 amide bonds. The van der Waals surface area contributed by atoms with Gasteiger partial charge in [-0.15, -0.1) is 0 Å². The summed E-state index contributed by atoms with van der Waals surface area (Å²) in [6, 6.07) is 15.2. The Hall–Kier alpha value is -3.39. The van der Waals surface area contributed by atoms with Gasteiger partial charge in [-0.1, -0.05) is 18.2 Å². The van der Waals surface area contributed by atoms with Crippen LogP contribution < -0.4 is 5.73 Å². The minimum absolute atomic E-state index is 0.0231. The molecule has 2 aromatic rings. The fourth-order valence-corrected chi connectivity index (χ4v) is 3.29. The first-order valence-corrected chi connectivity index (χ1v) is 9.24. The summed E-state index contributed by atoms with van der Waals surface area (Å²) in [6.45, 7) is 6.85. The third-order valence-electron chi connectivity index (χ3n) is 5.40. The average Bonchev–Trinajstić information content (AvgIpc) is 2.66. The summed E-state index contributed by atoms with van der Waals surface area (Å²) < 4.78 is 0. The number of amides is 1. The van der Waals surface area contributed by atoms with E-state index in [2.05, 4.69) is 6.07 Å². The Morgan fingerprint density at radius 3 is 2.39 bits per heavy atom. The van der Waals surface area contributed by atoms with Gasteiger partial charge in [0.15, 0.2) is 0 Å². The molecular weight excluding hydrogens is 348 g/mol. The molecule has 5 nitrogen and oxygen atoms in total. The maximum absolute atomic E-state index is 12.9. The summed E-state index contributed by atoms with van der Waals surface area (Å²) in [4.78, 5) is 14.7. The van der Waals surface area contributed by atoms with Crippen LogP contribution in [0.1, 0.15) is 52.4 Å². The zero-order chi connectivity index (χ0) is 20.4. The number of allylic oxidation sites excluding steroid dienone is 2. The zero-order valence-corrected chi connectivity index (χ0v) is 16.4. The van der Waals surface area contributed by atoms with Crippen LogP contribution >= 0.6 is 0 Å².